The second-order valence-electron chi connectivity index (χ2n) is 8.05. The lowest BCUT2D eigenvalue weighted by Gasteiger charge is -2.35. The number of para-hydroxylation sites is 1. The highest BCUT2D eigenvalue weighted by atomic mass is 16.5. The van der Waals surface area contributed by atoms with E-state index in [0.717, 1.165) is 56.8 Å². The molecule has 2 amide bonds. The SMILES string of the molecule is CCc1ccccc1NC(=O)CN1CCN(C(=O)CN(C)CC2CCCO2)CC1. The maximum atomic E-state index is 12.6. The predicted octanol–water partition coefficient (Wildman–Crippen LogP) is 1.44. The zero-order valence-corrected chi connectivity index (χ0v) is 17.7. The van der Waals surface area contributed by atoms with Gasteiger partial charge in [-0.15, -0.1) is 0 Å². The molecule has 2 heterocycles. The highest BCUT2D eigenvalue weighted by Gasteiger charge is 2.24. The minimum Gasteiger partial charge on any atom is -0.377 e. The van der Waals surface area contributed by atoms with E-state index in [-0.39, 0.29) is 17.9 Å². The van der Waals surface area contributed by atoms with Crippen LogP contribution in [0.4, 0.5) is 5.69 Å². The van der Waals surface area contributed by atoms with E-state index in [1.54, 1.807) is 0 Å². The summed E-state index contributed by atoms with van der Waals surface area (Å²) in [5, 5.41) is 3.02. The minimum absolute atomic E-state index is 0.00183. The van der Waals surface area contributed by atoms with Gasteiger partial charge in [0.2, 0.25) is 11.8 Å². The normalized spacial score (nSPS) is 20.2. The molecule has 1 aromatic carbocycles. The Hall–Kier alpha value is -1.96. The topological polar surface area (TPSA) is 65.1 Å². The van der Waals surface area contributed by atoms with Gasteiger partial charge in [-0.05, 0) is 37.9 Å². The van der Waals surface area contributed by atoms with E-state index in [9.17, 15) is 9.59 Å². The summed E-state index contributed by atoms with van der Waals surface area (Å²) in [6, 6.07) is 7.91. The number of amides is 2. The fourth-order valence-electron chi connectivity index (χ4n) is 4.03. The number of likely N-dealkylation sites (N-methyl/N-ethyl adjacent to an activating group) is 1. The molecule has 1 aromatic rings. The lowest BCUT2D eigenvalue weighted by molar-refractivity contribution is -0.134. The van der Waals surface area contributed by atoms with Gasteiger partial charge in [0.15, 0.2) is 0 Å². The summed E-state index contributed by atoms with van der Waals surface area (Å²) in [6.07, 6.45) is 3.35. The molecule has 1 unspecified atom stereocenters. The van der Waals surface area contributed by atoms with Crippen molar-refractivity contribution >= 4 is 17.5 Å². The molecule has 0 spiro atoms. The van der Waals surface area contributed by atoms with Gasteiger partial charge in [-0.2, -0.15) is 0 Å². The van der Waals surface area contributed by atoms with Gasteiger partial charge in [-0.1, -0.05) is 25.1 Å². The summed E-state index contributed by atoms with van der Waals surface area (Å²) in [7, 11) is 1.98. The fourth-order valence-corrected chi connectivity index (χ4v) is 4.03. The smallest absolute Gasteiger partial charge is 0.238 e. The third-order valence-corrected chi connectivity index (χ3v) is 5.71. The Labute approximate surface area is 174 Å². The zero-order valence-electron chi connectivity index (χ0n) is 17.7. The van der Waals surface area contributed by atoms with Crippen molar-refractivity contribution in [2.75, 3.05) is 64.8 Å². The molecule has 7 heteroatoms. The first-order valence-corrected chi connectivity index (χ1v) is 10.7. The number of benzene rings is 1. The maximum Gasteiger partial charge on any atom is 0.238 e. The molecule has 0 radical (unpaired) electrons. The summed E-state index contributed by atoms with van der Waals surface area (Å²) >= 11 is 0. The number of hydrogen-bond donors (Lipinski definition) is 1. The van der Waals surface area contributed by atoms with Crippen LogP contribution < -0.4 is 5.32 Å². The largest absolute Gasteiger partial charge is 0.377 e. The van der Waals surface area contributed by atoms with Crippen molar-refractivity contribution in [2.24, 2.45) is 0 Å². The molecule has 2 fully saturated rings. The van der Waals surface area contributed by atoms with Crippen molar-refractivity contribution in [1.82, 2.24) is 14.7 Å². The second kappa shape index (κ2) is 10.7. The van der Waals surface area contributed by atoms with Crippen molar-refractivity contribution in [2.45, 2.75) is 32.3 Å². The van der Waals surface area contributed by atoms with Crippen LogP contribution in [0.15, 0.2) is 24.3 Å². The summed E-state index contributed by atoms with van der Waals surface area (Å²) in [5.41, 5.74) is 2.03. The van der Waals surface area contributed by atoms with Gasteiger partial charge in [0, 0.05) is 45.0 Å². The molecule has 0 saturated carbocycles. The lowest BCUT2D eigenvalue weighted by Crippen LogP contribution is -2.52. The second-order valence-corrected chi connectivity index (χ2v) is 8.05. The molecular weight excluding hydrogens is 368 g/mol. The Morgan fingerprint density at radius 2 is 1.97 bits per heavy atom. The van der Waals surface area contributed by atoms with E-state index in [4.69, 9.17) is 4.74 Å². The monoisotopic (exact) mass is 402 g/mol. The summed E-state index contributed by atoms with van der Waals surface area (Å²) in [4.78, 5) is 31.1. The highest BCUT2D eigenvalue weighted by Crippen LogP contribution is 2.16. The standard InChI is InChI=1S/C22H34N4O3/c1-3-18-7-4-5-9-20(18)23-21(27)16-25-10-12-26(13-11-25)22(28)17-24(2)15-19-8-6-14-29-19/h4-5,7,9,19H,3,6,8,10-17H2,1-2H3,(H,23,27). The number of aryl methyl sites for hydroxylation is 1. The van der Waals surface area contributed by atoms with Gasteiger partial charge in [0.1, 0.15) is 0 Å². The van der Waals surface area contributed by atoms with Gasteiger partial charge in [-0.25, -0.2) is 0 Å². The van der Waals surface area contributed by atoms with E-state index in [0.29, 0.717) is 26.2 Å². The molecule has 0 bridgehead atoms. The van der Waals surface area contributed by atoms with Crippen molar-refractivity contribution < 1.29 is 14.3 Å². The van der Waals surface area contributed by atoms with Crippen LogP contribution in [0.25, 0.3) is 0 Å². The van der Waals surface area contributed by atoms with Gasteiger partial charge in [-0.3, -0.25) is 19.4 Å². The van der Waals surface area contributed by atoms with E-state index < -0.39 is 0 Å². The Balaban J connectivity index is 1.38. The number of ether oxygens (including phenoxy) is 1. The molecule has 2 saturated heterocycles. The molecule has 1 atom stereocenters. The number of anilines is 1. The molecule has 3 rings (SSSR count). The molecule has 0 aliphatic carbocycles. The first kappa shape index (κ1) is 21.7. The number of carbonyl (C=O) groups is 2. The van der Waals surface area contributed by atoms with Crippen LogP contribution in [0, 0.1) is 0 Å². The first-order valence-electron chi connectivity index (χ1n) is 10.7. The Bertz CT molecular complexity index is 682. The zero-order chi connectivity index (χ0) is 20.6. The van der Waals surface area contributed by atoms with E-state index >= 15 is 0 Å². The number of rotatable bonds is 8. The third-order valence-electron chi connectivity index (χ3n) is 5.71. The molecule has 1 N–H and O–H groups in total. The fraction of sp³-hybridized carbons (Fsp3) is 0.636. The van der Waals surface area contributed by atoms with E-state index in [1.807, 2.05) is 36.2 Å². The van der Waals surface area contributed by atoms with Gasteiger partial charge >= 0.3 is 0 Å². The average molecular weight is 403 g/mol. The number of hydrogen-bond acceptors (Lipinski definition) is 5. The summed E-state index contributed by atoms with van der Waals surface area (Å²) in [5.74, 6) is 0.161. The molecule has 0 aromatic heterocycles. The summed E-state index contributed by atoms with van der Waals surface area (Å²) in [6.45, 7) is 7.31. The van der Waals surface area contributed by atoms with Crippen molar-refractivity contribution in [3.63, 3.8) is 0 Å². The van der Waals surface area contributed by atoms with Gasteiger partial charge in [0.25, 0.3) is 0 Å². The quantitative estimate of drug-likeness (QED) is 0.713. The Kier molecular flexibility index (Phi) is 8.03. The van der Waals surface area contributed by atoms with Crippen LogP contribution >= 0.6 is 0 Å². The van der Waals surface area contributed by atoms with Crippen LogP contribution in [0.5, 0.6) is 0 Å². The van der Waals surface area contributed by atoms with Gasteiger partial charge in [0.05, 0.1) is 19.2 Å². The highest BCUT2D eigenvalue weighted by molar-refractivity contribution is 5.93. The molecular formula is C22H34N4O3. The van der Waals surface area contributed by atoms with Crippen molar-refractivity contribution in [3.05, 3.63) is 29.8 Å². The Morgan fingerprint density at radius 1 is 1.21 bits per heavy atom. The number of nitrogens with zero attached hydrogens (tertiary/aromatic N) is 3. The number of nitrogens with one attached hydrogen (secondary N) is 1. The maximum absolute atomic E-state index is 12.6. The first-order chi connectivity index (χ1) is 14.0. The van der Waals surface area contributed by atoms with E-state index in [1.165, 1.54) is 0 Å². The molecule has 7 nitrogen and oxygen atoms in total. The minimum atomic E-state index is 0.00183. The van der Waals surface area contributed by atoms with Crippen LogP contribution in [-0.2, 0) is 20.7 Å². The van der Waals surface area contributed by atoms with Crippen LogP contribution in [-0.4, -0.2) is 92.1 Å². The number of piperazine rings is 1. The van der Waals surface area contributed by atoms with Gasteiger partial charge < -0.3 is 15.0 Å². The van der Waals surface area contributed by atoms with Crippen LogP contribution in [0.2, 0.25) is 0 Å². The van der Waals surface area contributed by atoms with Crippen molar-refractivity contribution in [1.29, 1.82) is 0 Å². The van der Waals surface area contributed by atoms with Crippen LogP contribution in [0.1, 0.15) is 25.3 Å². The summed E-state index contributed by atoms with van der Waals surface area (Å²) < 4.78 is 5.65. The molecule has 2 aliphatic rings. The average Bonchev–Trinajstić information content (AvgIpc) is 3.21. The lowest BCUT2D eigenvalue weighted by atomic mass is 10.1. The van der Waals surface area contributed by atoms with E-state index in [2.05, 4.69) is 22.0 Å². The molecule has 29 heavy (non-hydrogen) atoms. The Morgan fingerprint density at radius 3 is 2.66 bits per heavy atom. The molecule has 160 valence electrons. The number of carbonyl (C=O) groups excluding carboxylic acids is 2. The molecule has 2 aliphatic heterocycles. The van der Waals surface area contributed by atoms with Crippen molar-refractivity contribution in [3.8, 4) is 0 Å². The van der Waals surface area contributed by atoms with Crippen LogP contribution in [0.3, 0.4) is 0 Å². The predicted molar refractivity (Wildman–Crippen MR) is 114 cm³/mol. The third kappa shape index (κ3) is 6.52.